The Hall–Kier alpha value is -0.960. The molecule has 0 saturated heterocycles. The molecule has 1 unspecified atom stereocenters. The molecule has 82 valence electrons. The average Bonchev–Trinajstić information content (AvgIpc) is 2.16. The second-order valence-electron chi connectivity index (χ2n) is 3.54. The van der Waals surface area contributed by atoms with Crippen LogP contribution < -0.4 is 0 Å². The van der Waals surface area contributed by atoms with Gasteiger partial charge in [0.1, 0.15) is 6.10 Å². The number of thioether (sulfide) groups is 1. The van der Waals surface area contributed by atoms with Gasteiger partial charge >= 0.3 is 5.97 Å². The molecule has 0 aliphatic heterocycles. The number of aryl methyl sites for hydroxylation is 1. The van der Waals surface area contributed by atoms with Crippen molar-refractivity contribution in [1.82, 2.24) is 0 Å². The summed E-state index contributed by atoms with van der Waals surface area (Å²) in [6, 6.07) is 8.33. The first-order chi connectivity index (χ1) is 7.08. The van der Waals surface area contributed by atoms with Gasteiger partial charge in [0.05, 0.1) is 0 Å². The maximum atomic E-state index is 10.7. The highest BCUT2D eigenvalue weighted by Crippen LogP contribution is 2.19. The number of hydrogen-bond donors (Lipinski definition) is 0. The molecule has 0 aliphatic rings. The predicted octanol–water partition coefficient (Wildman–Crippen LogP) is 3.04. The second kappa shape index (κ2) is 5.81. The van der Waals surface area contributed by atoms with Gasteiger partial charge in [-0.2, -0.15) is 0 Å². The zero-order valence-corrected chi connectivity index (χ0v) is 10.1. The molecule has 1 atom stereocenters. The topological polar surface area (TPSA) is 26.3 Å². The Morgan fingerprint density at radius 3 is 2.53 bits per heavy atom. The summed E-state index contributed by atoms with van der Waals surface area (Å²) in [6.07, 6.45) is -0.0335. The first-order valence-corrected chi connectivity index (χ1v) is 5.93. The van der Waals surface area contributed by atoms with Crippen LogP contribution in [-0.4, -0.2) is 17.8 Å². The Morgan fingerprint density at radius 2 is 2.00 bits per heavy atom. The number of esters is 1. The number of rotatable bonds is 4. The molecule has 15 heavy (non-hydrogen) atoms. The van der Waals surface area contributed by atoms with Gasteiger partial charge in [-0.05, 0) is 26.0 Å². The Bertz CT molecular complexity index is 319. The molecule has 0 aliphatic carbocycles. The molecule has 0 heterocycles. The molecule has 0 fully saturated rings. The van der Waals surface area contributed by atoms with Crippen molar-refractivity contribution in [2.75, 3.05) is 5.75 Å². The molecule has 0 aromatic heterocycles. The lowest BCUT2D eigenvalue weighted by atomic mass is 10.2. The van der Waals surface area contributed by atoms with E-state index in [1.165, 1.54) is 17.4 Å². The molecule has 2 nitrogen and oxygen atoms in total. The van der Waals surface area contributed by atoms with Crippen LogP contribution in [-0.2, 0) is 9.53 Å². The highest BCUT2D eigenvalue weighted by molar-refractivity contribution is 7.99. The van der Waals surface area contributed by atoms with E-state index in [-0.39, 0.29) is 12.1 Å². The van der Waals surface area contributed by atoms with E-state index in [0.29, 0.717) is 0 Å². The van der Waals surface area contributed by atoms with Crippen molar-refractivity contribution in [2.24, 2.45) is 0 Å². The van der Waals surface area contributed by atoms with E-state index in [1.54, 1.807) is 11.8 Å². The lowest BCUT2D eigenvalue weighted by molar-refractivity contribution is -0.144. The van der Waals surface area contributed by atoms with Crippen molar-refractivity contribution in [3.63, 3.8) is 0 Å². The normalized spacial score (nSPS) is 12.2. The largest absolute Gasteiger partial charge is 0.462 e. The van der Waals surface area contributed by atoms with Crippen molar-refractivity contribution >= 4 is 17.7 Å². The van der Waals surface area contributed by atoms with Gasteiger partial charge in [-0.3, -0.25) is 4.79 Å². The van der Waals surface area contributed by atoms with Crippen LogP contribution in [0.15, 0.2) is 29.2 Å². The Labute approximate surface area is 95.0 Å². The first-order valence-electron chi connectivity index (χ1n) is 4.94. The molecule has 0 spiro atoms. The van der Waals surface area contributed by atoms with E-state index >= 15 is 0 Å². The first kappa shape index (κ1) is 12.1. The summed E-state index contributed by atoms with van der Waals surface area (Å²) in [5, 5.41) is 0. The fourth-order valence-corrected chi connectivity index (χ4v) is 1.99. The lowest BCUT2D eigenvalue weighted by Gasteiger charge is -2.11. The summed E-state index contributed by atoms with van der Waals surface area (Å²) in [6.45, 7) is 5.41. The van der Waals surface area contributed by atoms with Crippen LogP contribution in [0.1, 0.15) is 19.4 Å². The van der Waals surface area contributed by atoms with Crippen LogP contribution >= 0.6 is 11.8 Å². The summed E-state index contributed by atoms with van der Waals surface area (Å²) in [4.78, 5) is 11.9. The number of hydrogen-bond acceptors (Lipinski definition) is 3. The van der Waals surface area contributed by atoms with Crippen LogP contribution in [0.3, 0.4) is 0 Å². The molecule has 1 aromatic carbocycles. The van der Waals surface area contributed by atoms with Crippen molar-refractivity contribution in [3.8, 4) is 0 Å². The minimum Gasteiger partial charge on any atom is -0.462 e. The van der Waals surface area contributed by atoms with Crippen molar-refractivity contribution in [2.45, 2.75) is 31.8 Å². The highest BCUT2D eigenvalue weighted by atomic mass is 32.2. The fraction of sp³-hybridized carbons (Fsp3) is 0.417. The van der Waals surface area contributed by atoms with E-state index in [2.05, 4.69) is 31.2 Å². The maximum absolute atomic E-state index is 10.7. The Morgan fingerprint density at radius 1 is 1.40 bits per heavy atom. The summed E-state index contributed by atoms with van der Waals surface area (Å²) in [5.41, 5.74) is 1.26. The van der Waals surface area contributed by atoms with Gasteiger partial charge in [0, 0.05) is 17.6 Å². The van der Waals surface area contributed by atoms with E-state index in [9.17, 15) is 4.79 Å². The van der Waals surface area contributed by atoms with Gasteiger partial charge < -0.3 is 4.74 Å². The quantitative estimate of drug-likeness (QED) is 0.581. The van der Waals surface area contributed by atoms with Gasteiger partial charge in [-0.1, -0.05) is 17.7 Å². The molecule has 0 N–H and O–H groups in total. The van der Waals surface area contributed by atoms with E-state index in [0.717, 1.165) is 5.75 Å². The molecule has 0 radical (unpaired) electrons. The Kier molecular flexibility index (Phi) is 4.69. The zero-order valence-electron chi connectivity index (χ0n) is 9.32. The summed E-state index contributed by atoms with van der Waals surface area (Å²) in [5.74, 6) is 0.579. The summed E-state index contributed by atoms with van der Waals surface area (Å²) < 4.78 is 5.04. The average molecular weight is 224 g/mol. The van der Waals surface area contributed by atoms with E-state index in [1.807, 2.05) is 6.92 Å². The third kappa shape index (κ3) is 4.88. The number of ether oxygens (including phenoxy) is 1. The van der Waals surface area contributed by atoms with Gasteiger partial charge in [0.2, 0.25) is 0 Å². The SMILES string of the molecule is CC(=O)OC(C)CSc1ccc(C)cc1. The smallest absolute Gasteiger partial charge is 0.302 e. The van der Waals surface area contributed by atoms with E-state index < -0.39 is 0 Å². The van der Waals surface area contributed by atoms with Crippen molar-refractivity contribution in [1.29, 1.82) is 0 Å². The molecular formula is C12H16O2S. The number of benzene rings is 1. The van der Waals surface area contributed by atoms with Gasteiger partial charge in [-0.25, -0.2) is 0 Å². The summed E-state index contributed by atoms with van der Waals surface area (Å²) >= 11 is 1.70. The molecule has 0 amide bonds. The molecule has 1 aromatic rings. The monoisotopic (exact) mass is 224 g/mol. The van der Waals surface area contributed by atoms with E-state index in [4.69, 9.17) is 4.74 Å². The van der Waals surface area contributed by atoms with Crippen LogP contribution in [0.25, 0.3) is 0 Å². The molecule has 0 saturated carbocycles. The van der Waals surface area contributed by atoms with Gasteiger partial charge in [0.25, 0.3) is 0 Å². The second-order valence-corrected chi connectivity index (χ2v) is 4.64. The standard InChI is InChI=1S/C12H16O2S/c1-9-4-6-12(7-5-9)15-8-10(2)14-11(3)13/h4-7,10H,8H2,1-3H3. The Balaban J connectivity index is 2.36. The number of carbonyl (C=O) groups excluding carboxylic acids is 1. The lowest BCUT2D eigenvalue weighted by Crippen LogP contribution is -2.14. The number of carbonyl (C=O) groups is 1. The van der Waals surface area contributed by atoms with Gasteiger partial charge in [0.15, 0.2) is 0 Å². The minimum atomic E-state index is -0.216. The fourth-order valence-electron chi connectivity index (χ4n) is 1.17. The third-order valence-electron chi connectivity index (χ3n) is 1.87. The molecule has 1 rings (SSSR count). The van der Waals surface area contributed by atoms with Crippen molar-refractivity contribution in [3.05, 3.63) is 29.8 Å². The van der Waals surface area contributed by atoms with Gasteiger partial charge in [-0.15, -0.1) is 11.8 Å². The maximum Gasteiger partial charge on any atom is 0.302 e. The van der Waals surface area contributed by atoms with Crippen LogP contribution in [0, 0.1) is 6.92 Å². The molecule has 3 heteroatoms. The van der Waals surface area contributed by atoms with Crippen LogP contribution in [0.4, 0.5) is 0 Å². The summed E-state index contributed by atoms with van der Waals surface area (Å²) in [7, 11) is 0. The minimum absolute atomic E-state index is 0.0335. The van der Waals surface area contributed by atoms with Crippen molar-refractivity contribution < 1.29 is 9.53 Å². The van der Waals surface area contributed by atoms with Crippen LogP contribution in [0.2, 0.25) is 0 Å². The molecular weight excluding hydrogens is 208 g/mol. The third-order valence-corrected chi connectivity index (χ3v) is 3.11. The zero-order chi connectivity index (χ0) is 11.3. The van der Waals surface area contributed by atoms with Crippen LogP contribution in [0.5, 0.6) is 0 Å². The highest BCUT2D eigenvalue weighted by Gasteiger charge is 2.05. The predicted molar refractivity (Wildman–Crippen MR) is 63.1 cm³/mol. The molecule has 0 bridgehead atoms.